The minimum atomic E-state index is -3.06. The van der Waals surface area contributed by atoms with Crippen molar-refractivity contribution in [3.63, 3.8) is 0 Å². The second kappa shape index (κ2) is 4.73. The van der Waals surface area contributed by atoms with Crippen LogP contribution in [-0.2, 0) is 9.84 Å². The van der Waals surface area contributed by atoms with Crippen molar-refractivity contribution in [2.45, 2.75) is 18.9 Å². The van der Waals surface area contributed by atoms with Crippen molar-refractivity contribution in [2.24, 2.45) is 0 Å². The Hall–Kier alpha value is -2.09. The molecular weight excluding hydrogens is 296 g/mol. The molecule has 0 amide bonds. The number of phenolic OH excluding ortho intramolecular Hbond substituents is 1. The third-order valence-electron chi connectivity index (χ3n) is 3.80. The van der Waals surface area contributed by atoms with Gasteiger partial charge in [-0.3, -0.25) is 9.36 Å². The summed E-state index contributed by atoms with van der Waals surface area (Å²) in [6.45, 7) is 0. The lowest BCUT2D eigenvalue weighted by Gasteiger charge is -2.23. The molecule has 1 aliphatic heterocycles. The Kier molecular flexibility index (Phi) is 3.12. The highest BCUT2D eigenvalue weighted by atomic mass is 32.2. The largest absolute Gasteiger partial charge is 0.508 e. The van der Waals surface area contributed by atoms with Crippen LogP contribution in [0.3, 0.4) is 0 Å². The highest BCUT2D eigenvalue weighted by Crippen LogP contribution is 2.22. The maximum absolute atomic E-state index is 12.4. The van der Waals surface area contributed by atoms with Crippen molar-refractivity contribution in [3.05, 3.63) is 39.0 Å². The summed E-state index contributed by atoms with van der Waals surface area (Å²) in [6, 6.07) is 3.72. The van der Waals surface area contributed by atoms with Gasteiger partial charge in [-0.1, -0.05) is 0 Å². The molecule has 1 aliphatic rings. The number of aromatic hydroxyl groups is 1. The predicted octanol–water partition coefficient (Wildman–Crippen LogP) is 0.145. The highest BCUT2D eigenvalue weighted by molar-refractivity contribution is 7.91. The lowest BCUT2D eigenvalue weighted by molar-refractivity contribution is 0.425. The molecule has 0 saturated carbocycles. The molecule has 1 aromatic carbocycles. The number of aromatic amines is 1. The van der Waals surface area contributed by atoms with E-state index in [1.807, 2.05) is 0 Å². The first-order chi connectivity index (χ1) is 9.87. The molecule has 0 spiro atoms. The van der Waals surface area contributed by atoms with Gasteiger partial charge in [0, 0.05) is 12.1 Å². The molecule has 2 aromatic rings. The summed E-state index contributed by atoms with van der Waals surface area (Å²) < 4.78 is 24.0. The first kappa shape index (κ1) is 13.9. The van der Waals surface area contributed by atoms with Crippen molar-refractivity contribution >= 4 is 20.7 Å². The number of aromatic nitrogens is 2. The summed E-state index contributed by atoms with van der Waals surface area (Å²) >= 11 is 0. The summed E-state index contributed by atoms with van der Waals surface area (Å²) in [5.74, 6) is -0.0759. The Bertz CT molecular complexity index is 912. The topological polar surface area (TPSA) is 109 Å². The fourth-order valence-corrected chi connectivity index (χ4v) is 4.15. The molecule has 1 fully saturated rings. The molecule has 2 heterocycles. The molecule has 112 valence electrons. The fourth-order valence-electron chi connectivity index (χ4n) is 2.69. The number of hydrogen-bond acceptors (Lipinski definition) is 5. The number of rotatable bonds is 1. The van der Waals surface area contributed by atoms with Gasteiger partial charge in [0.25, 0.3) is 5.56 Å². The van der Waals surface area contributed by atoms with E-state index in [0.717, 1.165) is 4.57 Å². The van der Waals surface area contributed by atoms with Crippen LogP contribution < -0.4 is 11.2 Å². The van der Waals surface area contributed by atoms with Gasteiger partial charge in [-0.2, -0.15) is 0 Å². The molecule has 0 aliphatic carbocycles. The van der Waals surface area contributed by atoms with Crippen LogP contribution in [0, 0.1) is 0 Å². The Morgan fingerprint density at radius 1 is 1.19 bits per heavy atom. The molecule has 1 aromatic heterocycles. The Morgan fingerprint density at radius 3 is 2.52 bits per heavy atom. The number of nitrogens with one attached hydrogen (secondary N) is 1. The smallest absolute Gasteiger partial charge is 0.329 e. The zero-order valence-electron chi connectivity index (χ0n) is 11.1. The molecule has 1 saturated heterocycles. The average molecular weight is 310 g/mol. The second-order valence-electron chi connectivity index (χ2n) is 5.22. The fraction of sp³-hybridized carbons (Fsp3) is 0.385. The Balaban J connectivity index is 2.14. The average Bonchev–Trinajstić information content (AvgIpc) is 2.40. The van der Waals surface area contributed by atoms with Crippen molar-refractivity contribution in [2.75, 3.05) is 11.5 Å². The first-order valence-corrected chi connectivity index (χ1v) is 8.37. The summed E-state index contributed by atoms with van der Waals surface area (Å²) in [5, 5.41) is 9.68. The Morgan fingerprint density at radius 2 is 1.86 bits per heavy atom. The summed E-state index contributed by atoms with van der Waals surface area (Å²) in [4.78, 5) is 27.1. The molecule has 7 nitrogen and oxygen atoms in total. The molecule has 0 bridgehead atoms. The molecular formula is C13H14N2O5S. The molecule has 3 rings (SSSR count). The van der Waals surface area contributed by atoms with E-state index < -0.39 is 27.1 Å². The van der Waals surface area contributed by atoms with Crippen molar-refractivity contribution in [1.29, 1.82) is 0 Å². The summed E-state index contributed by atoms with van der Waals surface area (Å²) in [6.07, 6.45) is 0.518. The number of benzene rings is 1. The minimum Gasteiger partial charge on any atom is -0.508 e. The maximum atomic E-state index is 12.4. The number of hydrogen-bond donors (Lipinski definition) is 2. The maximum Gasteiger partial charge on any atom is 0.329 e. The van der Waals surface area contributed by atoms with Crippen LogP contribution in [0.2, 0.25) is 0 Å². The van der Waals surface area contributed by atoms with Crippen LogP contribution in [0.5, 0.6) is 5.75 Å². The van der Waals surface area contributed by atoms with Crippen LogP contribution in [-0.4, -0.2) is 34.6 Å². The van der Waals surface area contributed by atoms with E-state index in [1.54, 1.807) is 0 Å². The van der Waals surface area contributed by atoms with E-state index in [4.69, 9.17) is 0 Å². The van der Waals surface area contributed by atoms with Gasteiger partial charge in [0.05, 0.1) is 22.4 Å². The summed E-state index contributed by atoms with van der Waals surface area (Å²) in [5.41, 5.74) is -0.773. The summed E-state index contributed by atoms with van der Waals surface area (Å²) in [7, 11) is -3.06. The monoisotopic (exact) mass is 310 g/mol. The van der Waals surface area contributed by atoms with E-state index in [0.29, 0.717) is 5.39 Å². The molecule has 0 atom stereocenters. The quantitative estimate of drug-likeness (QED) is 0.779. The third-order valence-corrected chi connectivity index (χ3v) is 5.52. The molecule has 0 radical (unpaired) electrons. The first-order valence-electron chi connectivity index (χ1n) is 6.55. The van der Waals surface area contributed by atoms with Gasteiger partial charge in [-0.15, -0.1) is 0 Å². The zero-order valence-corrected chi connectivity index (χ0v) is 11.9. The number of fused-ring (bicyclic) bond motifs is 1. The van der Waals surface area contributed by atoms with Gasteiger partial charge in [0.15, 0.2) is 0 Å². The highest BCUT2D eigenvalue weighted by Gasteiger charge is 2.27. The van der Waals surface area contributed by atoms with E-state index in [1.165, 1.54) is 18.2 Å². The number of sulfone groups is 1. The van der Waals surface area contributed by atoms with Crippen LogP contribution in [0.1, 0.15) is 18.9 Å². The molecule has 2 N–H and O–H groups in total. The van der Waals surface area contributed by atoms with Gasteiger partial charge in [0.2, 0.25) is 0 Å². The normalized spacial score (nSPS) is 18.9. The van der Waals surface area contributed by atoms with Gasteiger partial charge < -0.3 is 10.1 Å². The predicted molar refractivity (Wildman–Crippen MR) is 77.4 cm³/mol. The Labute approximate surface area is 119 Å². The van der Waals surface area contributed by atoms with Crippen molar-refractivity contribution in [1.82, 2.24) is 9.55 Å². The van der Waals surface area contributed by atoms with Crippen molar-refractivity contribution < 1.29 is 13.5 Å². The number of H-pyrrole nitrogens is 1. The number of nitrogens with zero attached hydrogens (tertiary/aromatic N) is 1. The van der Waals surface area contributed by atoms with E-state index in [-0.39, 0.29) is 35.6 Å². The van der Waals surface area contributed by atoms with Crippen LogP contribution >= 0.6 is 0 Å². The molecule has 8 heteroatoms. The SMILES string of the molecule is O=c1[nH]c2cc(O)ccc2c(=O)n1C1CCS(=O)(=O)CC1. The van der Waals surface area contributed by atoms with Crippen molar-refractivity contribution in [3.8, 4) is 5.75 Å². The number of phenols is 1. The van der Waals surface area contributed by atoms with Gasteiger partial charge in [-0.25, -0.2) is 13.2 Å². The second-order valence-corrected chi connectivity index (χ2v) is 7.52. The third kappa shape index (κ3) is 2.46. The van der Waals surface area contributed by atoms with Crippen LogP contribution in [0.25, 0.3) is 10.9 Å². The van der Waals surface area contributed by atoms with Gasteiger partial charge >= 0.3 is 5.69 Å². The van der Waals surface area contributed by atoms with E-state index in [9.17, 15) is 23.1 Å². The standard InChI is InChI=1S/C13H14N2O5S/c16-9-1-2-10-11(7-9)14-13(18)15(12(10)17)8-3-5-21(19,20)6-4-8/h1-2,7-8,16H,3-6H2,(H,14,18). The molecule has 21 heavy (non-hydrogen) atoms. The van der Waals surface area contributed by atoms with Gasteiger partial charge in [0.1, 0.15) is 15.6 Å². The molecule has 0 unspecified atom stereocenters. The zero-order chi connectivity index (χ0) is 15.2. The minimum absolute atomic E-state index is 0.0167. The van der Waals surface area contributed by atoms with Crippen LogP contribution in [0.4, 0.5) is 0 Å². The van der Waals surface area contributed by atoms with E-state index in [2.05, 4.69) is 4.98 Å². The lowest BCUT2D eigenvalue weighted by Crippen LogP contribution is -2.41. The van der Waals surface area contributed by atoms with Crippen LogP contribution in [0.15, 0.2) is 27.8 Å². The van der Waals surface area contributed by atoms with E-state index >= 15 is 0 Å². The lowest BCUT2D eigenvalue weighted by atomic mass is 10.1. The van der Waals surface area contributed by atoms with Gasteiger partial charge in [-0.05, 0) is 25.0 Å².